The van der Waals surface area contributed by atoms with Crippen molar-refractivity contribution in [3.63, 3.8) is 0 Å². The van der Waals surface area contributed by atoms with Gasteiger partial charge in [0, 0.05) is 11.2 Å². The van der Waals surface area contributed by atoms with Gasteiger partial charge in [0.2, 0.25) is 0 Å². The molecular formula is C23H17ClF3N3O3. The third kappa shape index (κ3) is 5.95. The molecule has 0 radical (unpaired) electrons. The number of alkyl halides is 3. The van der Waals surface area contributed by atoms with Gasteiger partial charge in [0.05, 0.1) is 24.0 Å². The summed E-state index contributed by atoms with van der Waals surface area (Å²) in [5.74, 6) is 0.589. The van der Waals surface area contributed by atoms with Crippen molar-refractivity contribution in [1.82, 2.24) is 9.78 Å². The number of benzene rings is 2. The Kier molecular flexibility index (Phi) is 6.41. The summed E-state index contributed by atoms with van der Waals surface area (Å²) in [5.41, 5.74) is 0.0786. The van der Waals surface area contributed by atoms with E-state index in [1.807, 2.05) is 0 Å². The predicted molar refractivity (Wildman–Crippen MR) is 115 cm³/mol. The molecule has 1 N–H and O–H groups in total. The second-order valence-electron chi connectivity index (χ2n) is 7.09. The van der Waals surface area contributed by atoms with E-state index in [-0.39, 0.29) is 18.9 Å². The molecule has 0 bridgehead atoms. The van der Waals surface area contributed by atoms with Crippen molar-refractivity contribution in [2.45, 2.75) is 19.3 Å². The van der Waals surface area contributed by atoms with Crippen LogP contribution < -0.4 is 10.1 Å². The minimum absolute atomic E-state index is 0.0744. The average molecular weight is 476 g/mol. The molecule has 33 heavy (non-hydrogen) atoms. The SMILES string of the molecule is O=C(Nc1cnn(Cc2cccc(C(F)(F)F)c2)c1)c1ccc(COc2cccc(Cl)c2)o1. The summed E-state index contributed by atoms with van der Waals surface area (Å²) in [6.07, 6.45) is -1.50. The maximum Gasteiger partial charge on any atom is 0.416 e. The molecule has 0 unspecified atom stereocenters. The molecule has 170 valence electrons. The molecule has 0 aliphatic rings. The number of nitrogens with zero attached hydrogens (tertiary/aromatic N) is 2. The minimum atomic E-state index is -4.42. The summed E-state index contributed by atoms with van der Waals surface area (Å²) < 4.78 is 51.1. The predicted octanol–water partition coefficient (Wildman–Crippen LogP) is 6.03. The monoisotopic (exact) mass is 475 g/mol. The third-order valence-electron chi connectivity index (χ3n) is 4.55. The molecule has 2 heterocycles. The van der Waals surface area contributed by atoms with Gasteiger partial charge in [-0.15, -0.1) is 0 Å². The number of anilines is 1. The molecule has 0 atom stereocenters. The number of carbonyl (C=O) groups excluding carboxylic acids is 1. The van der Waals surface area contributed by atoms with E-state index in [0.717, 1.165) is 12.1 Å². The fourth-order valence-corrected chi connectivity index (χ4v) is 3.21. The normalized spacial score (nSPS) is 11.4. The Morgan fingerprint density at radius 2 is 1.94 bits per heavy atom. The van der Waals surface area contributed by atoms with Crippen LogP contribution in [0.5, 0.6) is 5.75 Å². The fraction of sp³-hybridized carbons (Fsp3) is 0.130. The van der Waals surface area contributed by atoms with Gasteiger partial charge in [-0.1, -0.05) is 29.8 Å². The number of nitrogens with one attached hydrogen (secondary N) is 1. The van der Waals surface area contributed by atoms with E-state index in [1.165, 1.54) is 29.2 Å². The van der Waals surface area contributed by atoms with Gasteiger partial charge in [-0.05, 0) is 48.0 Å². The van der Waals surface area contributed by atoms with Crippen molar-refractivity contribution < 1.29 is 27.1 Å². The van der Waals surface area contributed by atoms with E-state index < -0.39 is 17.6 Å². The molecule has 6 nitrogen and oxygen atoms in total. The maximum atomic E-state index is 12.9. The molecule has 0 spiro atoms. The van der Waals surface area contributed by atoms with Crippen LogP contribution in [0.3, 0.4) is 0 Å². The van der Waals surface area contributed by atoms with Crippen LogP contribution in [0.25, 0.3) is 0 Å². The van der Waals surface area contributed by atoms with Gasteiger partial charge < -0.3 is 14.5 Å². The zero-order chi connectivity index (χ0) is 23.4. The van der Waals surface area contributed by atoms with Crippen molar-refractivity contribution in [1.29, 1.82) is 0 Å². The van der Waals surface area contributed by atoms with Crippen molar-refractivity contribution in [3.05, 3.63) is 101 Å². The van der Waals surface area contributed by atoms with E-state index in [4.69, 9.17) is 20.8 Å². The van der Waals surface area contributed by atoms with E-state index in [0.29, 0.717) is 27.8 Å². The van der Waals surface area contributed by atoms with Crippen LogP contribution in [-0.2, 0) is 19.3 Å². The van der Waals surface area contributed by atoms with Crippen LogP contribution in [0, 0.1) is 0 Å². The Morgan fingerprint density at radius 3 is 2.73 bits per heavy atom. The molecule has 2 aromatic heterocycles. The van der Waals surface area contributed by atoms with Crippen LogP contribution in [0.1, 0.15) is 27.4 Å². The maximum absolute atomic E-state index is 12.9. The number of amides is 1. The first-order valence-corrected chi connectivity index (χ1v) is 10.1. The Balaban J connectivity index is 1.34. The van der Waals surface area contributed by atoms with E-state index >= 15 is 0 Å². The highest BCUT2D eigenvalue weighted by atomic mass is 35.5. The van der Waals surface area contributed by atoms with Crippen molar-refractivity contribution in [3.8, 4) is 5.75 Å². The number of hydrogen-bond donors (Lipinski definition) is 1. The molecule has 4 rings (SSSR count). The van der Waals surface area contributed by atoms with Crippen LogP contribution in [0.2, 0.25) is 5.02 Å². The molecule has 10 heteroatoms. The van der Waals surface area contributed by atoms with Crippen LogP contribution >= 0.6 is 11.6 Å². The van der Waals surface area contributed by atoms with Gasteiger partial charge in [0.1, 0.15) is 18.1 Å². The summed E-state index contributed by atoms with van der Waals surface area (Å²) in [6, 6.07) is 15.0. The highest BCUT2D eigenvalue weighted by Crippen LogP contribution is 2.29. The van der Waals surface area contributed by atoms with E-state index in [9.17, 15) is 18.0 Å². The van der Waals surface area contributed by atoms with Crippen molar-refractivity contribution in [2.75, 3.05) is 5.32 Å². The van der Waals surface area contributed by atoms with E-state index in [2.05, 4.69) is 10.4 Å². The van der Waals surface area contributed by atoms with Gasteiger partial charge in [0.25, 0.3) is 5.91 Å². The Labute approximate surface area is 191 Å². The number of furan rings is 1. The first-order valence-electron chi connectivity index (χ1n) is 9.73. The highest BCUT2D eigenvalue weighted by Gasteiger charge is 2.30. The molecule has 0 saturated heterocycles. The Morgan fingerprint density at radius 1 is 1.12 bits per heavy atom. The molecular weight excluding hydrogens is 459 g/mol. The van der Waals surface area contributed by atoms with Crippen LogP contribution in [0.4, 0.5) is 18.9 Å². The van der Waals surface area contributed by atoms with Crippen LogP contribution in [0.15, 0.2) is 77.5 Å². The number of halogens is 4. The van der Waals surface area contributed by atoms with Gasteiger partial charge in [0.15, 0.2) is 5.76 Å². The quantitative estimate of drug-likeness (QED) is 0.354. The third-order valence-corrected chi connectivity index (χ3v) is 4.79. The zero-order valence-electron chi connectivity index (χ0n) is 17.0. The number of aromatic nitrogens is 2. The molecule has 4 aromatic rings. The molecule has 1 amide bonds. The molecule has 0 aliphatic carbocycles. The molecule has 0 saturated carbocycles. The molecule has 0 fully saturated rings. The Hall–Kier alpha value is -3.72. The molecule has 2 aromatic carbocycles. The molecule has 0 aliphatic heterocycles. The summed E-state index contributed by atoms with van der Waals surface area (Å²) in [6.45, 7) is 0.230. The number of hydrogen-bond acceptors (Lipinski definition) is 4. The topological polar surface area (TPSA) is 69.3 Å². The number of carbonyl (C=O) groups is 1. The first-order chi connectivity index (χ1) is 15.8. The minimum Gasteiger partial charge on any atom is -0.486 e. The Bertz CT molecular complexity index is 1270. The fourth-order valence-electron chi connectivity index (χ4n) is 3.03. The van der Waals surface area contributed by atoms with Gasteiger partial charge >= 0.3 is 6.18 Å². The van der Waals surface area contributed by atoms with Gasteiger partial charge in [-0.2, -0.15) is 18.3 Å². The van der Waals surface area contributed by atoms with Crippen molar-refractivity contribution in [2.24, 2.45) is 0 Å². The highest BCUT2D eigenvalue weighted by molar-refractivity contribution is 6.30. The summed E-state index contributed by atoms with van der Waals surface area (Å²) in [7, 11) is 0. The first kappa shape index (κ1) is 22.5. The second-order valence-corrected chi connectivity index (χ2v) is 7.53. The lowest BCUT2D eigenvalue weighted by Crippen LogP contribution is -2.10. The smallest absolute Gasteiger partial charge is 0.416 e. The lowest BCUT2D eigenvalue weighted by molar-refractivity contribution is -0.137. The standard InChI is InChI=1S/C23H17ClF3N3O3/c24-17-5-2-6-19(10-17)32-14-20-7-8-21(33-20)22(31)29-18-11-28-30(13-18)12-15-3-1-4-16(9-15)23(25,26)27/h1-11,13H,12,14H2,(H,29,31). The largest absolute Gasteiger partial charge is 0.486 e. The lowest BCUT2D eigenvalue weighted by atomic mass is 10.1. The number of rotatable bonds is 7. The average Bonchev–Trinajstić information content (AvgIpc) is 3.42. The van der Waals surface area contributed by atoms with Crippen LogP contribution in [-0.4, -0.2) is 15.7 Å². The van der Waals surface area contributed by atoms with Gasteiger partial charge in [-0.25, -0.2) is 0 Å². The second kappa shape index (κ2) is 9.41. The zero-order valence-corrected chi connectivity index (χ0v) is 17.7. The lowest BCUT2D eigenvalue weighted by Gasteiger charge is -2.08. The summed E-state index contributed by atoms with van der Waals surface area (Å²) in [4.78, 5) is 12.4. The van der Waals surface area contributed by atoms with Crippen molar-refractivity contribution >= 4 is 23.2 Å². The number of ether oxygens (including phenoxy) is 1. The summed E-state index contributed by atoms with van der Waals surface area (Å²) in [5, 5.41) is 7.27. The van der Waals surface area contributed by atoms with Gasteiger partial charge in [-0.3, -0.25) is 9.48 Å². The summed E-state index contributed by atoms with van der Waals surface area (Å²) >= 11 is 5.91. The van der Waals surface area contributed by atoms with E-state index in [1.54, 1.807) is 36.4 Å².